The topological polar surface area (TPSA) is 86.2 Å². The van der Waals surface area contributed by atoms with Crippen LogP contribution >= 0.6 is 15.9 Å². The van der Waals surface area contributed by atoms with Crippen LogP contribution in [0.15, 0.2) is 46.0 Å². The van der Waals surface area contributed by atoms with Crippen molar-refractivity contribution in [1.29, 1.82) is 0 Å². The predicted molar refractivity (Wildman–Crippen MR) is 114 cm³/mol. The summed E-state index contributed by atoms with van der Waals surface area (Å²) in [5.74, 6) is 0.836. The third kappa shape index (κ3) is 6.90. The maximum absolute atomic E-state index is 11.9. The van der Waals surface area contributed by atoms with Crippen LogP contribution in [-0.2, 0) is 9.59 Å². The number of nitrogens with zero attached hydrogens (tertiary/aromatic N) is 1. The number of halogens is 1. The average Bonchev–Trinajstić information content (AvgIpc) is 2.67. The fourth-order valence-electron chi connectivity index (χ4n) is 2.35. The molecule has 1 amide bonds. The van der Waals surface area contributed by atoms with E-state index in [4.69, 9.17) is 14.2 Å². The van der Waals surface area contributed by atoms with Crippen LogP contribution in [0.1, 0.15) is 37.8 Å². The van der Waals surface area contributed by atoms with Crippen molar-refractivity contribution >= 4 is 34.0 Å². The summed E-state index contributed by atoms with van der Waals surface area (Å²) < 4.78 is 16.5. The van der Waals surface area contributed by atoms with Gasteiger partial charge in [0.1, 0.15) is 5.75 Å². The van der Waals surface area contributed by atoms with Crippen LogP contribution in [0, 0.1) is 0 Å². The minimum atomic E-state index is -0.442. The number of carbonyl (C=O) groups is 2. The van der Waals surface area contributed by atoms with E-state index in [1.165, 1.54) is 25.8 Å². The molecule has 0 atom stereocenters. The molecule has 0 saturated heterocycles. The molecule has 0 bridgehead atoms. The Morgan fingerprint density at radius 2 is 1.86 bits per heavy atom. The Bertz CT molecular complexity index is 912. The molecule has 154 valence electrons. The number of rotatable bonds is 8. The van der Waals surface area contributed by atoms with E-state index in [2.05, 4.69) is 40.3 Å². The molecule has 0 aromatic heterocycles. The lowest BCUT2D eigenvalue weighted by Gasteiger charge is -2.11. The van der Waals surface area contributed by atoms with Crippen LogP contribution in [0.4, 0.5) is 0 Å². The average molecular weight is 463 g/mol. The molecule has 0 aliphatic rings. The van der Waals surface area contributed by atoms with E-state index in [0.29, 0.717) is 28.7 Å². The normalized spacial score (nSPS) is 10.8. The number of hydrogen-bond acceptors (Lipinski definition) is 6. The molecular formula is C21H23BrN2O5. The van der Waals surface area contributed by atoms with Gasteiger partial charge in [0.25, 0.3) is 5.91 Å². The number of hydrazone groups is 1. The molecular weight excluding hydrogens is 440 g/mol. The van der Waals surface area contributed by atoms with E-state index in [-0.39, 0.29) is 6.61 Å². The second kappa shape index (κ2) is 10.6. The van der Waals surface area contributed by atoms with Gasteiger partial charge in [-0.25, -0.2) is 5.43 Å². The van der Waals surface area contributed by atoms with Crippen molar-refractivity contribution in [3.05, 3.63) is 52.0 Å². The van der Waals surface area contributed by atoms with E-state index >= 15 is 0 Å². The van der Waals surface area contributed by atoms with Crippen LogP contribution in [0.3, 0.4) is 0 Å². The Balaban J connectivity index is 1.90. The zero-order valence-corrected chi connectivity index (χ0v) is 18.3. The molecule has 0 spiro atoms. The van der Waals surface area contributed by atoms with E-state index < -0.39 is 11.9 Å². The molecule has 0 fully saturated rings. The van der Waals surface area contributed by atoms with E-state index in [1.54, 1.807) is 18.2 Å². The molecule has 2 aromatic carbocycles. The van der Waals surface area contributed by atoms with E-state index in [0.717, 1.165) is 4.47 Å². The summed E-state index contributed by atoms with van der Waals surface area (Å²) in [4.78, 5) is 23.0. The lowest BCUT2D eigenvalue weighted by Crippen LogP contribution is -2.24. The van der Waals surface area contributed by atoms with Crippen LogP contribution in [0.25, 0.3) is 0 Å². The van der Waals surface area contributed by atoms with Crippen molar-refractivity contribution in [2.45, 2.75) is 26.7 Å². The van der Waals surface area contributed by atoms with Crippen molar-refractivity contribution in [3.63, 3.8) is 0 Å². The maximum Gasteiger partial charge on any atom is 0.308 e. The largest absolute Gasteiger partial charge is 0.493 e. The quantitative estimate of drug-likeness (QED) is 0.277. The first kappa shape index (κ1) is 22.4. The number of ether oxygens (including phenoxy) is 3. The van der Waals surface area contributed by atoms with Gasteiger partial charge in [0.05, 0.1) is 17.8 Å². The monoisotopic (exact) mass is 462 g/mol. The smallest absolute Gasteiger partial charge is 0.308 e. The Morgan fingerprint density at radius 3 is 2.48 bits per heavy atom. The molecule has 29 heavy (non-hydrogen) atoms. The van der Waals surface area contributed by atoms with Crippen LogP contribution in [-0.4, -0.2) is 31.8 Å². The molecule has 0 unspecified atom stereocenters. The van der Waals surface area contributed by atoms with Gasteiger partial charge in [-0.2, -0.15) is 5.10 Å². The zero-order valence-electron chi connectivity index (χ0n) is 16.7. The highest BCUT2D eigenvalue weighted by Crippen LogP contribution is 2.29. The van der Waals surface area contributed by atoms with Crippen LogP contribution in [0.2, 0.25) is 0 Å². The highest BCUT2D eigenvalue weighted by atomic mass is 79.9. The number of amides is 1. The molecule has 1 N–H and O–H groups in total. The van der Waals surface area contributed by atoms with E-state index in [9.17, 15) is 9.59 Å². The molecule has 8 heteroatoms. The van der Waals surface area contributed by atoms with Crippen LogP contribution in [0.5, 0.6) is 17.2 Å². The maximum atomic E-state index is 11.9. The number of esters is 1. The van der Waals surface area contributed by atoms with Gasteiger partial charge in [0.2, 0.25) is 0 Å². The lowest BCUT2D eigenvalue weighted by atomic mass is 10.0. The molecule has 0 heterocycles. The zero-order chi connectivity index (χ0) is 21.4. The van der Waals surface area contributed by atoms with Crippen molar-refractivity contribution < 1.29 is 23.8 Å². The van der Waals surface area contributed by atoms with Crippen molar-refractivity contribution in [1.82, 2.24) is 5.43 Å². The van der Waals surface area contributed by atoms with Gasteiger partial charge in [-0.05, 0) is 63.3 Å². The number of carbonyl (C=O) groups excluding carboxylic acids is 2. The first-order valence-electron chi connectivity index (χ1n) is 8.90. The lowest BCUT2D eigenvalue weighted by molar-refractivity contribution is -0.132. The molecule has 0 radical (unpaired) electrons. The second-order valence-corrected chi connectivity index (χ2v) is 7.28. The molecule has 2 rings (SSSR count). The third-order valence-corrected chi connectivity index (χ3v) is 4.45. The number of hydrogen-bond donors (Lipinski definition) is 1. The summed E-state index contributed by atoms with van der Waals surface area (Å²) >= 11 is 3.45. The standard InChI is InChI=1S/C21H23BrN2O5/c1-13(2)16-6-8-18(17(22)10-16)28-12-21(26)24-23-11-15-5-7-19(29-14(3)25)20(9-15)27-4/h5-11,13H,12H2,1-4H3,(H,24,26). The highest BCUT2D eigenvalue weighted by Gasteiger charge is 2.09. The number of methoxy groups -OCH3 is 1. The summed E-state index contributed by atoms with van der Waals surface area (Å²) in [7, 11) is 1.47. The molecule has 0 aliphatic carbocycles. The van der Waals surface area contributed by atoms with Crippen molar-refractivity contribution in [2.75, 3.05) is 13.7 Å². The summed E-state index contributed by atoms with van der Waals surface area (Å²) in [6, 6.07) is 10.7. The van der Waals surface area contributed by atoms with Gasteiger partial charge >= 0.3 is 5.97 Å². The van der Waals surface area contributed by atoms with Gasteiger partial charge in [0.15, 0.2) is 18.1 Å². The summed E-state index contributed by atoms with van der Waals surface area (Å²) in [5.41, 5.74) is 4.23. The fraction of sp³-hybridized carbons (Fsp3) is 0.286. The SMILES string of the molecule is COc1cc(C=NNC(=O)COc2ccc(C(C)C)cc2Br)ccc1OC(C)=O. The first-order valence-corrected chi connectivity index (χ1v) is 9.70. The minimum absolute atomic E-state index is 0.175. The summed E-state index contributed by atoms with van der Waals surface area (Å²) in [5, 5.41) is 3.90. The number of benzene rings is 2. The molecule has 7 nitrogen and oxygen atoms in total. The fourth-order valence-corrected chi connectivity index (χ4v) is 2.86. The van der Waals surface area contributed by atoms with Gasteiger partial charge in [-0.1, -0.05) is 19.9 Å². The summed E-state index contributed by atoms with van der Waals surface area (Å²) in [6.45, 7) is 5.34. The predicted octanol–water partition coefficient (Wildman–Crippen LogP) is 4.04. The Morgan fingerprint density at radius 1 is 1.14 bits per heavy atom. The summed E-state index contributed by atoms with van der Waals surface area (Å²) in [6.07, 6.45) is 1.45. The molecule has 0 aliphatic heterocycles. The van der Waals surface area contributed by atoms with Gasteiger partial charge in [-0.15, -0.1) is 0 Å². The Kier molecular flexibility index (Phi) is 8.21. The van der Waals surface area contributed by atoms with Gasteiger partial charge < -0.3 is 14.2 Å². The van der Waals surface area contributed by atoms with Gasteiger partial charge in [-0.3, -0.25) is 9.59 Å². The minimum Gasteiger partial charge on any atom is -0.493 e. The molecule has 0 saturated carbocycles. The van der Waals surface area contributed by atoms with Crippen molar-refractivity contribution in [2.24, 2.45) is 5.10 Å². The first-order chi connectivity index (χ1) is 13.8. The van der Waals surface area contributed by atoms with E-state index in [1.807, 2.05) is 18.2 Å². The Labute approximate surface area is 178 Å². The van der Waals surface area contributed by atoms with Gasteiger partial charge in [0, 0.05) is 6.92 Å². The van der Waals surface area contributed by atoms with Crippen LogP contribution < -0.4 is 19.6 Å². The van der Waals surface area contributed by atoms with Crippen molar-refractivity contribution in [3.8, 4) is 17.2 Å². The highest BCUT2D eigenvalue weighted by molar-refractivity contribution is 9.10. The third-order valence-electron chi connectivity index (χ3n) is 3.83. The number of nitrogens with one attached hydrogen (secondary N) is 1. The molecule has 2 aromatic rings. The Hall–Kier alpha value is -2.87. The second-order valence-electron chi connectivity index (χ2n) is 6.43.